The first kappa shape index (κ1) is 14.5. The zero-order valence-electron chi connectivity index (χ0n) is 11.8. The van der Waals surface area contributed by atoms with E-state index < -0.39 is 5.82 Å². The Morgan fingerprint density at radius 3 is 2.80 bits per heavy atom. The molecular formula is C16H19FN2O. The SMILES string of the molecule is CC1(C)CC1CNC(=O)c1ccc(C#CCN)c(F)c1. The molecule has 1 atom stereocenters. The quantitative estimate of drug-likeness (QED) is 0.827. The van der Waals surface area contributed by atoms with E-state index in [1.54, 1.807) is 6.07 Å². The fourth-order valence-corrected chi connectivity index (χ4v) is 2.15. The van der Waals surface area contributed by atoms with E-state index in [0.29, 0.717) is 23.4 Å². The molecule has 1 fully saturated rings. The number of amides is 1. The zero-order chi connectivity index (χ0) is 14.8. The van der Waals surface area contributed by atoms with Crippen LogP contribution in [0.3, 0.4) is 0 Å². The molecule has 1 aliphatic carbocycles. The highest BCUT2D eigenvalue weighted by atomic mass is 19.1. The zero-order valence-corrected chi connectivity index (χ0v) is 11.8. The summed E-state index contributed by atoms with van der Waals surface area (Å²) in [6.45, 7) is 5.17. The third kappa shape index (κ3) is 3.37. The average Bonchev–Trinajstić information content (AvgIpc) is 3.02. The molecule has 0 aromatic heterocycles. The number of nitrogens with one attached hydrogen (secondary N) is 1. The van der Waals surface area contributed by atoms with Crippen molar-refractivity contribution in [3.63, 3.8) is 0 Å². The van der Waals surface area contributed by atoms with Gasteiger partial charge in [0.1, 0.15) is 5.82 Å². The van der Waals surface area contributed by atoms with Gasteiger partial charge in [-0.2, -0.15) is 0 Å². The summed E-state index contributed by atoms with van der Waals surface area (Å²) in [6, 6.07) is 4.30. The Balaban J connectivity index is 1.98. The molecule has 0 spiro atoms. The van der Waals surface area contributed by atoms with E-state index in [2.05, 4.69) is 31.0 Å². The van der Waals surface area contributed by atoms with Gasteiger partial charge in [0.15, 0.2) is 0 Å². The number of carbonyl (C=O) groups excluding carboxylic acids is 1. The Morgan fingerprint density at radius 1 is 1.55 bits per heavy atom. The molecule has 1 aromatic rings. The Hall–Kier alpha value is -1.86. The number of hydrogen-bond acceptors (Lipinski definition) is 2. The van der Waals surface area contributed by atoms with Crippen molar-refractivity contribution in [1.29, 1.82) is 0 Å². The first-order valence-corrected chi connectivity index (χ1v) is 6.71. The minimum absolute atomic E-state index is 0.179. The number of benzene rings is 1. The van der Waals surface area contributed by atoms with Crippen molar-refractivity contribution in [1.82, 2.24) is 5.32 Å². The number of halogens is 1. The van der Waals surface area contributed by atoms with Crippen LogP contribution in [0, 0.1) is 29.0 Å². The van der Waals surface area contributed by atoms with E-state index >= 15 is 0 Å². The number of rotatable bonds is 3. The molecule has 1 unspecified atom stereocenters. The van der Waals surface area contributed by atoms with E-state index in [4.69, 9.17) is 5.73 Å². The summed E-state index contributed by atoms with van der Waals surface area (Å²) in [4.78, 5) is 11.9. The third-order valence-corrected chi connectivity index (χ3v) is 3.78. The fourth-order valence-electron chi connectivity index (χ4n) is 2.15. The third-order valence-electron chi connectivity index (χ3n) is 3.78. The second kappa shape index (κ2) is 5.64. The second-order valence-corrected chi connectivity index (χ2v) is 5.80. The first-order valence-electron chi connectivity index (χ1n) is 6.71. The van der Waals surface area contributed by atoms with Gasteiger partial charge in [-0.05, 0) is 36.0 Å². The van der Waals surface area contributed by atoms with Gasteiger partial charge < -0.3 is 11.1 Å². The second-order valence-electron chi connectivity index (χ2n) is 5.80. The van der Waals surface area contributed by atoms with Crippen molar-refractivity contribution < 1.29 is 9.18 Å². The molecule has 0 bridgehead atoms. The maximum absolute atomic E-state index is 13.7. The standard InChI is InChI=1S/C16H19FN2O/c1-16(2)9-13(16)10-19-15(20)12-6-5-11(4-3-7-18)14(17)8-12/h5-6,8,13H,7,9-10,18H2,1-2H3,(H,19,20). The van der Waals surface area contributed by atoms with Crippen LogP contribution in [0.25, 0.3) is 0 Å². The molecule has 3 N–H and O–H groups in total. The molecule has 1 saturated carbocycles. The molecule has 106 valence electrons. The van der Waals surface area contributed by atoms with Crippen LogP contribution < -0.4 is 11.1 Å². The average molecular weight is 274 g/mol. The maximum Gasteiger partial charge on any atom is 0.251 e. The van der Waals surface area contributed by atoms with Gasteiger partial charge in [0, 0.05) is 12.1 Å². The van der Waals surface area contributed by atoms with E-state index in [0.717, 1.165) is 6.42 Å². The van der Waals surface area contributed by atoms with Crippen molar-refractivity contribution in [2.45, 2.75) is 20.3 Å². The monoisotopic (exact) mass is 274 g/mol. The summed E-state index contributed by atoms with van der Waals surface area (Å²) in [7, 11) is 0. The van der Waals surface area contributed by atoms with Crippen molar-refractivity contribution in [2.75, 3.05) is 13.1 Å². The van der Waals surface area contributed by atoms with E-state index in [9.17, 15) is 9.18 Å². The van der Waals surface area contributed by atoms with Crippen LogP contribution in [0.1, 0.15) is 36.2 Å². The summed E-state index contributed by atoms with van der Waals surface area (Å²) in [5.74, 6) is 5.00. The van der Waals surface area contributed by atoms with Gasteiger partial charge in [0.25, 0.3) is 5.91 Å². The van der Waals surface area contributed by atoms with Crippen LogP contribution in [0.5, 0.6) is 0 Å². The summed E-state index contributed by atoms with van der Waals surface area (Å²) in [5, 5.41) is 2.84. The molecule has 4 heteroatoms. The van der Waals surface area contributed by atoms with Crippen LogP contribution in [0.4, 0.5) is 4.39 Å². The van der Waals surface area contributed by atoms with Crippen LogP contribution in [0.2, 0.25) is 0 Å². The molecule has 2 rings (SSSR count). The van der Waals surface area contributed by atoms with Crippen molar-refractivity contribution >= 4 is 5.91 Å². The van der Waals surface area contributed by atoms with Crippen molar-refractivity contribution in [2.24, 2.45) is 17.1 Å². The molecule has 20 heavy (non-hydrogen) atoms. The van der Waals surface area contributed by atoms with Gasteiger partial charge >= 0.3 is 0 Å². The molecule has 0 heterocycles. The highest BCUT2D eigenvalue weighted by Gasteiger charge is 2.45. The van der Waals surface area contributed by atoms with Crippen LogP contribution >= 0.6 is 0 Å². The number of hydrogen-bond donors (Lipinski definition) is 2. The summed E-state index contributed by atoms with van der Waals surface area (Å²) in [6.07, 6.45) is 1.12. The molecule has 1 aromatic carbocycles. The predicted octanol–water partition coefficient (Wildman–Crippen LogP) is 1.91. The van der Waals surface area contributed by atoms with E-state index in [-0.39, 0.29) is 18.0 Å². The van der Waals surface area contributed by atoms with Gasteiger partial charge in [-0.1, -0.05) is 25.7 Å². The van der Waals surface area contributed by atoms with Crippen molar-refractivity contribution in [3.05, 3.63) is 35.1 Å². The summed E-state index contributed by atoms with van der Waals surface area (Å²) >= 11 is 0. The lowest BCUT2D eigenvalue weighted by Gasteiger charge is -2.07. The largest absolute Gasteiger partial charge is 0.352 e. The molecule has 1 amide bonds. The maximum atomic E-state index is 13.7. The molecular weight excluding hydrogens is 255 g/mol. The smallest absolute Gasteiger partial charge is 0.251 e. The van der Waals surface area contributed by atoms with Gasteiger partial charge in [-0.3, -0.25) is 4.79 Å². The van der Waals surface area contributed by atoms with Gasteiger partial charge in [-0.25, -0.2) is 4.39 Å². The predicted molar refractivity (Wildman–Crippen MR) is 76.6 cm³/mol. The lowest BCUT2D eigenvalue weighted by Crippen LogP contribution is -2.26. The normalized spacial score (nSPS) is 18.9. The Labute approximate surface area is 118 Å². The number of nitrogens with two attached hydrogens (primary N) is 1. The van der Waals surface area contributed by atoms with Gasteiger partial charge in [-0.15, -0.1) is 0 Å². The molecule has 0 radical (unpaired) electrons. The van der Waals surface area contributed by atoms with Crippen LogP contribution in [-0.2, 0) is 0 Å². The lowest BCUT2D eigenvalue weighted by molar-refractivity contribution is 0.0950. The Morgan fingerprint density at radius 2 is 2.25 bits per heavy atom. The van der Waals surface area contributed by atoms with Crippen molar-refractivity contribution in [3.8, 4) is 11.8 Å². The number of carbonyl (C=O) groups is 1. The molecule has 3 nitrogen and oxygen atoms in total. The summed E-state index contributed by atoms with van der Waals surface area (Å²) in [5.41, 5.74) is 6.14. The molecule has 0 saturated heterocycles. The first-order chi connectivity index (χ1) is 9.44. The lowest BCUT2D eigenvalue weighted by atomic mass is 10.1. The van der Waals surface area contributed by atoms with E-state index in [1.807, 2.05) is 0 Å². The van der Waals surface area contributed by atoms with Gasteiger partial charge in [0.05, 0.1) is 12.1 Å². The van der Waals surface area contributed by atoms with E-state index in [1.165, 1.54) is 12.1 Å². The topological polar surface area (TPSA) is 55.1 Å². The Bertz CT molecular complexity index is 584. The molecule has 1 aliphatic rings. The fraction of sp³-hybridized carbons (Fsp3) is 0.438. The summed E-state index contributed by atoms with van der Waals surface area (Å²) < 4.78 is 13.7. The highest BCUT2D eigenvalue weighted by Crippen LogP contribution is 2.50. The van der Waals surface area contributed by atoms with Crippen LogP contribution in [-0.4, -0.2) is 19.0 Å². The minimum Gasteiger partial charge on any atom is -0.352 e. The minimum atomic E-state index is -0.495. The van der Waals surface area contributed by atoms with Crippen LogP contribution in [0.15, 0.2) is 18.2 Å². The molecule has 0 aliphatic heterocycles. The van der Waals surface area contributed by atoms with Gasteiger partial charge in [0.2, 0.25) is 0 Å². The Kier molecular flexibility index (Phi) is 4.10. The highest BCUT2D eigenvalue weighted by molar-refractivity contribution is 5.94.